The van der Waals surface area contributed by atoms with Gasteiger partial charge in [0, 0.05) is 32.5 Å². The number of benzene rings is 3. The number of rotatable bonds is 7. The van der Waals surface area contributed by atoms with Crippen LogP contribution in [0, 0.1) is 0 Å². The third-order valence-electron chi connectivity index (χ3n) is 9.10. The maximum absolute atomic E-state index is 14.0. The molecule has 248 valence electrons. The summed E-state index contributed by atoms with van der Waals surface area (Å²) in [6.07, 6.45) is 3.78. The van der Waals surface area contributed by atoms with E-state index in [9.17, 15) is 19.2 Å². The molecule has 2 atom stereocenters. The predicted molar refractivity (Wildman–Crippen MR) is 181 cm³/mol. The highest BCUT2D eigenvalue weighted by Gasteiger charge is 2.32. The van der Waals surface area contributed by atoms with E-state index in [1.54, 1.807) is 34.1 Å². The third-order valence-corrected chi connectivity index (χ3v) is 9.10. The molecule has 2 heterocycles. The average molecular weight is 639 g/mol. The van der Waals surface area contributed by atoms with Crippen molar-refractivity contribution in [1.29, 1.82) is 0 Å². The van der Waals surface area contributed by atoms with Crippen LogP contribution in [0.2, 0.25) is 0 Å². The second-order valence-corrected chi connectivity index (χ2v) is 12.4. The Morgan fingerprint density at radius 2 is 1.51 bits per heavy atom. The third kappa shape index (κ3) is 9.21. The van der Waals surface area contributed by atoms with Gasteiger partial charge in [0.1, 0.15) is 24.4 Å². The summed E-state index contributed by atoms with van der Waals surface area (Å²) in [7, 11) is 0. The zero-order chi connectivity index (χ0) is 33.0. The molecule has 5 rings (SSSR count). The fourth-order valence-corrected chi connectivity index (χ4v) is 6.41. The van der Waals surface area contributed by atoms with E-state index in [-0.39, 0.29) is 37.2 Å². The normalized spacial score (nSPS) is 20.2. The van der Waals surface area contributed by atoms with E-state index in [0.29, 0.717) is 49.8 Å². The molecule has 0 bridgehead atoms. The van der Waals surface area contributed by atoms with Crippen LogP contribution < -0.4 is 15.4 Å². The van der Waals surface area contributed by atoms with Gasteiger partial charge in [-0.3, -0.25) is 19.2 Å². The smallest absolute Gasteiger partial charge is 0.255 e. The monoisotopic (exact) mass is 638 g/mol. The highest BCUT2D eigenvalue weighted by Crippen LogP contribution is 2.28. The molecule has 3 aromatic carbocycles. The lowest BCUT2D eigenvalue weighted by atomic mass is 9.89. The summed E-state index contributed by atoms with van der Waals surface area (Å²) in [6.45, 7) is 4.20. The van der Waals surface area contributed by atoms with Crippen LogP contribution in [-0.4, -0.2) is 78.3 Å². The minimum Gasteiger partial charge on any atom is -0.491 e. The summed E-state index contributed by atoms with van der Waals surface area (Å²) < 4.78 is 6.10. The number of carbonyl (C=O) groups excluding carboxylic acids is 4. The van der Waals surface area contributed by atoms with E-state index in [1.165, 1.54) is 5.56 Å². The van der Waals surface area contributed by atoms with Gasteiger partial charge in [0.05, 0.1) is 12.1 Å². The van der Waals surface area contributed by atoms with E-state index >= 15 is 0 Å². The molecule has 0 saturated carbocycles. The van der Waals surface area contributed by atoms with Gasteiger partial charge in [-0.15, -0.1) is 0 Å². The number of ether oxygens (including phenoxy) is 1. The van der Waals surface area contributed by atoms with Gasteiger partial charge in [-0.05, 0) is 54.9 Å². The molecule has 0 unspecified atom stereocenters. The molecule has 2 N–H and O–H groups in total. The van der Waals surface area contributed by atoms with Crippen LogP contribution in [0.5, 0.6) is 5.75 Å². The topological polar surface area (TPSA) is 108 Å². The zero-order valence-corrected chi connectivity index (χ0v) is 27.2. The highest BCUT2D eigenvalue weighted by atomic mass is 16.5. The van der Waals surface area contributed by atoms with Crippen LogP contribution in [0.3, 0.4) is 0 Å². The molecular weight excluding hydrogens is 592 g/mol. The number of carbonyl (C=O) groups is 4. The number of hydrogen-bond acceptors (Lipinski definition) is 5. The minimum atomic E-state index is -0.913. The maximum Gasteiger partial charge on any atom is 0.255 e. The molecule has 2 aliphatic rings. The van der Waals surface area contributed by atoms with E-state index < -0.39 is 18.0 Å². The second-order valence-electron chi connectivity index (χ2n) is 12.4. The number of para-hydroxylation sites is 1. The lowest BCUT2D eigenvalue weighted by Crippen LogP contribution is -2.52. The van der Waals surface area contributed by atoms with Crippen molar-refractivity contribution in [2.24, 2.45) is 0 Å². The lowest BCUT2D eigenvalue weighted by molar-refractivity contribution is -0.137. The first-order valence-corrected chi connectivity index (χ1v) is 16.9. The van der Waals surface area contributed by atoms with Crippen molar-refractivity contribution >= 4 is 23.6 Å². The Hall–Kier alpha value is -4.66. The molecule has 9 nitrogen and oxygen atoms in total. The number of likely N-dealkylation sites (tertiary alicyclic amines) is 1. The van der Waals surface area contributed by atoms with Crippen LogP contribution in [-0.2, 0) is 20.8 Å². The molecule has 0 spiro atoms. The highest BCUT2D eigenvalue weighted by molar-refractivity contribution is 6.00. The molecule has 1 saturated heterocycles. The van der Waals surface area contributed by atoms with Gasteiger partial charge in [-0.25, -0.2) is 0 Å². The molecule has 0 aliphatic carbocycles. The van der Waals surface area contributed by atoms with Crippen molar-refractivity contribution in [2.45, 2.75) is 69.9 Å². The maximum atomic E-state index is 14.0. The second kappa shape index (κ2) is 16.8. The molecule has 4 amide bonds. The predicted octanol–water partition coefficient (Wildman–Crippen LogP) is 4.72. The summed E-state index contributed by atoms with van der Waals surface area (Å²) in [5.74, 6) is -0.403. The molecule has 47 heavy (non-hydrogen) atoms. The van der Waals surface area contributed by atoms with Gasteiger partial charge < -0.3 is 25.2 Å². The summed E-state index contributed by atoms with van der Waals surface area (Å²) in [5, 5.41) is 5.91. The number of hydrogen-bond donors (Lipinski definition) is 2. The minimum absolute atomic E-state index is 0.0250. The Kier molecular flexibility index (Phi) is 12.0. The standard InChI is InChI=1S/C38H46N4O5/c1-2-3-22-41-25-26-47-34-17-11-10-16-31(34)36(44)40-32(37(45)42-23-20-30(21-24-42)29-14-8-5-9-15-29)18-19-35(43)39-33(38(41)46)27-28-12-6-4-7-13-28/h4-17,30,32-33H,2-3,18-27H2,1H3,(H,39,43)(H,40,44)/t32-,33-/m0/s1. The Balaban J connectivity index is 1.37. The Labute approximate surface area is 277 Å². The van der Waals surface area contributed by atoms with Gasteiger partial charge in [0.2, 0.25) is 17.7 Å². The van der Waals surface area contributed by atoms with E-state index in [2.05, 4.69) is 29.7 Å². The molecule has 3 aromatic rings. The number of fused-ring (bicyclic) bond motifs is 1. The van der Waals surface area contributed by atoms with Crippen LogP contribution in [0.1, 0.15) is 72.9 Å². The first-order chi connectivity index (χ1) is 22.9. The van der Waals surface area contributed by atoms with Crippen molar-refractivity contribution < 1.29 is 23.9 Å². The van der Waals surface area contributed by atoms with Crippen molar-refractivity contribution in [3.05, 3.63) is 102 Å². The SMILES string of the molecule is CCCCN1CCOc2ccccc2C(=O)N[C@H](C(=O)N2CCC(c3ccccc3)CC2)CCC(=O)N[C@@H](Cc2ccccc2)C1=O. The quantitative estimate of drug-likeness (QED) is 0.390. The number of nitrogens with zero attached hydrogens (tertiary/aromatic N) is 2. The molecular formula is C38H46N4O5. The fraction of sp³-hybridized carbons (Fsp3) is 0.421. The summed E-state index contributed by atoms with van der Waals surface area (Å²) in [4.78, 5) is 58.6. The van der Waals surface area contributed by atoms with Gasteiger partial charge in [0.25, 0.3) is 5.91 Å². The van der Waals surface area contributed by atoms with Gasteiger partial charge >= 0.3 is 0 Å². The molecule has 1 fully saturated rings. The van der Waals surface area contributed by atoms with Crippen molar-refractivity contribution in [3.63, 3.8) is 0 Å². The van der Waals surface area contributed by atoms with E-state index in [1.807, 2.05) is 48.5 Å². The summed E-state index contributed by atoms with van der Waals surface area (Å²) in [6, 6.07) is 25.2. The Bertz CT molecular complexity index is 1490. The molecule has 0 aromatic heterocycles. The first-order valence-electron chi connectivity index (χ1n) is 16.9. The first kappa shape index (κ1) is 33.7. The van der Waals surface area contributed by atoms with Crippen LogP contribution in [0.25, 0.3) is 0 Å². The summed E-state index contributed by atoms with van der Waals surface area (Å²) >= 11 is 0. The van der Waals surface area contributed by atoms with Crippen LogP contribution in [0.15, 0.2) is 84.9 Å². The Morgan fingerprint density at radius 1 is 0.830 bits per heavy atom. The van der Waals surface area contributed by atoms with Crippen LogP contribution >= 0.6 is 0 Å². The molecule has 0 radical (unpaired) electrons. The number of amides is 4. The van der Waals surface area contributed by atoms with Gasteiger partial charge in [-0.2, -0.15) is 0 Å². The number of nitrogens with one attached hydrogen (secondary N) is 2. The van der Waals surface area contributed by atoms with Crippen LogP contribution in [0.4, 0.5) is 0 Å². The fourth-order valence-electron chi connectivity index (χ4n) is 6.41. The van der Waals surface area contributed by atoms with E-state index in [0.717, 1.165) is 31.2 Å². The lowest BCUT2D eigenvalue weighted by Gasteiger charge is -2.34. The largest absolute Gasteiger partial charge is 0.491 e. The van der Waals surface area contributed by atoms with Crippen molar-refractivity contribution in [2.75, 3.05) is 32.8 Å². The Morgan fingerprint density at radius 3 is 2.23 bits per heavy atom. The number of unbranched alkanes of at least 4 members (excludes halogenated alkanes) is 1. The molecule has 9 heteroatoms. The van der Waals surface area contributed by atoms with E-state index in [4.69, 9.17) is 4.74 Å². The van der Waals surface area contributed by atoms with Crippen molar-refractivity contribution in [1.82, 2.24) is 20.4 Å². The van der Waals surface area contributed by atoms with Gasteiger partial charge in [0.15, 0.2) is 0 Å². The van der Waals surface area contributed by atoms with Crippen molar-refractivity contribution in [3.8, 4) is 5.75 Å². The average Bonchev–Trinajstić information content (AvgIpc) is 3.11. The van der Waals surface area contributed by atoms with Gasteiger partial charge in [-0.1, -0.05) is 86.1 Å². The molecule has 2 aliphatic heterocycles. The number of piperidine rings is 1. The zero-order valence-electron chi connectivity index (χ0n) is 27.2. The summed E-state index contributed by atoms with van der Waals surface area (Å²) in [5.41, 5.74) is 2.51.